The average Bonchev–Trinajstić information content (AvgIpc) is 3.45. The second kappa shape index (κ2) is 15.8. The summed E-state index contributed by atoms with van der Waals surface area (Å²) in [6, 6.07) is -0.302. The lowest BCUT2D eigenvalue weighted by atomic mass is 9.43. The Morgan fingerprint density at radius 3 is 2.64 bits per heavy atom. The van der Waals surface area contributed by atoms with Crippen LogP contribution in [0.15, 0.2) is 46.0 Å². The van der Waals surface area contributed by atoms with E-state index in [1.54, 1.807) is 37.8 Å². The summed E-state index contributed by atoms with van der Waals surface area (Å²) in [4.78, 5) is 60.7. The van der Waals surface area contributed by atoms with Crippen LogP contribution >= 0.6 is 0 Å². The van der Waals surface area contributed by atoms with Gasteiger partial charge in [0.05, 0.1) is 69.5 Å². The zero-order valence-corrected chi connectivity index (χ0v) is 34.0. The molecule has 6 heterocycles. The number of allylic oxidation sites excluding steroid dienone is 1. The molecule has 6 aliphatic rings. The molecule has 2 saturated heterocycles. The monoisotopic (exact) mass is 800 g/mol. The van der Waals surface area contributed by atoms with Crippen molar-refractivity contribution in [1.29, 1.82) is 0 Å². The molecule has 58 heavy (non-hydrogen) atoms. The predicted molar refractivity (Wildman–Crippen MR) is 215 cm³/mol. The zero-order valence-electron chi connectivity index (χ0n) is 34.0. The number of aliphatic hydroxyl groups is 2. The molecule has 4 N–H and O–H groups in total. The highest BCUT2D eigenvalue weighted by Crippen LogP contribution is 2.66. The number of fused-ring (bicyclic) bond motifs is 2. The van der Waals surface area contributed by atoms with E-state index < -0.39 is 46.6 Å². The van der Waals surface area contributed by atoms with Crippen LogP contribution in [-0.2, 0) is 35.6 Å². The van der Waals surface area contributed by atoms with Gasteiger partial charge in [-0.3, -0.25) is 14.6 Å². The van der Waals surface area contributed by atoms with Crippen LogP contribution in [0.4, 0.5) is 0 Å². The number of esters is 1. The molecule has 2 aromatic rings. The maximum atomic E-state index is 14.0. The molecule has 7 unspecified atom stereocenters. The second-order valence-corrected chi connectivity index (χ2v) is 17.6. The molecule has 2 aromatic heterocycles. The van der Waals surface area contributed by atoms with Gasteiger partial charge in [-0.05, 0) is 80.6 Å². The van der Waals surface area contributed by atoms with Crippen molar-refractivity contribution < 1.29 is 38.8 Å². The van der Waals surface area contributed by atoms with Gasteiger partial charge >= 0.3 is 5.97 Å². The summed E-state index contributed by atoms with van der Waals surface area (Å²) in [5, 5.41) is 29.7. The molecule has 1 spiro atoms. The van der Waals surface area contributed by atoms with E-state index in [9.17, 15) is 24.6 Å². The first kappa shape index (κ1) is 40.6. The summed E-state index contributed by atoms with van der Waals surface area (Å²) in [7, 11) is 1.87. The van der Waals surface area contributed by atoms with Crippen LogP contribution < -0.4 is 10.6 Å². The van der Waals surface area contributed by atoms with Gasteiger partial charge < -0.3 is 44.5 Å². The average molecular weight is 801 g/mol. The summed E-state index contributed by atoms with van der Waals surface area (Å²) < 4.78 is 19.8. The number of ether oxygens (including phenoxy) is 3. The minimum absolute atomic E-state index is 0.0174. The number of epoxide rings is 1. The van der Waals surface area contributed by atoms with Crippen LogP contribution in [-0.4, -0.2) is 141 Å². The number of pyridine rings is 1. The molecule has 2 aliphatic carbocycles. The fourth-order valence-electron chi connectivity index (χ4n) is 10.6. The third-order valence-electron chi connectivity index (χ3n) is 14.1. The highest BCUT2D eigenvalue weighted by molar-refractivity contribution is 6.07. The Balaban J connectivity index is 1.15. The van der Waals surface area contributed by atoms with Crippen molar-refractivity contribution in [2.75, 3.05) is 46.1 Å². The molecule has 4 aliphatic heterocycles. The highest BCUT2D eigenvalue weighted by Gasteiger charge is 2.71. The summed E-state index contributed by atoms with van der Waals surface area (Å²) >= 11 is 0. The molecule has 0 radical (unpaired) electrons. The summed E-state index contributed by atoms with van der Waals surface area (Å²) in [6.45, 7) is 10.5. The number of carbonyl (C=O) groups is 3. The van der Waals surface area contributed by atoms with E-state index in [1.807, 2.05) is 36.4 Å². The molecule has 8 rings (SSSR count). The number of rotatable bonds is 13. The van der Waals surface area contributed by atoms with E-state index in [1.165, 1.54) is 0 Å². The Hall–Kier alpha value is -4.19. The van der Waals surface area contributed by atoms with E-state index in [-0.39, 0.29) is 42.6 Å². The molecule has 1 amide bonds. The Labute approximate surface area is 338 Å². The van der Waals surface area contributed by atoms with Crippen molar-refractivity contribution in [2.24, 2.45) is 39.7 Å². The van der Waals surface area contributed by atoms with Crippen LogP contribution in [0.2, 0.25) is 0 Å². The normalized spacial score (nSPS) is 34.2. The first-order chi connectivity index (χ1) is 27.8. The van der Waals surface area contributed by atoms with Crippen molar-refractivity contribution in [3.63, 3.8) is 0 Å². The number of aliphatic imine (C=N–C) groups is 2. The van der Waals surface area contributed by atoms with Gasteiger partial charge in [0, 0.05) is 50.0 Å². The quantitative estimate of drug-likeness (QED) is 0.169. The van der Waals surface area contributed by atoms with Gasteiger partial charge in [-0.25, -0.2) is 19.8 Å². The largest absolute Gasteiger partial charge is 0.423 e. The number of aryl methyl sites for hydroxylation is 1. The Morgan fingerprint density at radius 2 is 1.93 bits per heavy atom. The minimum Gasteiger partial charge on any atom is -0.423 e. The molecule has 10 atom stereocenters. The summed E-state index contributed by atoms with van der Waals surface area (Å²) in [6.07, 6.45) is 9.97. The van der Waals surface area contributed by atoms with Crippen LogP contribution in [0.25, 0.3) is 17.2 Å². The van der Waals surface area contributed by atoms with Gasteiger partial charge in [0.15, 0.2) is 11.4 Å². The minimum atomic E-state index is -0.835. The first-order valence-electron chi connectivity index (χ1n) is 20.6. The van der Waals surface area contributed by atoms with Crippen molar-refractivity contribution in [3.8, 4) is 0 Å². The van der Waals surface area contributed by atoms with Crippen LogP contribution in [0.1, 0.15) is 65.4 Å². The van der Waals surface area contributed by atoms with E-state index in [4.69, 9.17) is 14.2 Å². The van der Waals surface area contributed by atoms with Crippen molar-refractivity contribution >= 4 is 46.9 Å². The highest BCUT2D eigenvalue weighted by atomic mass is 16.6. The number of hydrogen-bond acceptors (Lipinski definition) is 14. The van der Waals surface area contributed by atoms with E-state index in [0.29, 0.717) is 93.4 Å². The smallest absolute Gasteiger partial charge is 0.341 e. The predicted octanol–water partition coefficient (Wildman–Crippen LogP) is 1.74. The fraction of sp³-hybridized carbons (Fsp3) is 0.643. The van der Waals surface area contributed by atoms with Gasteiger partial charge in [-0.1, -0.05) is 13.8 Å². The summed E-state index contributed by atoms with van der Waals surface area (Å²) in [5.41, 5.74) is 0.512. The number of nitrogens with one attached hydrogen (secondary N) is 2. The molecule has 0 bridgehead atoms. The third kappa shape index (κ3) is 7.36. The number of aliphatic hydroxyl groups excluding tert-OH is 2. The van der Waals surface area contributed by atoms with Gasteiger partial charge in [0.25, 0.3) is 0 Å². The number of amides is 1. The molecule has 16 heteroatoms. The Bertz CT molecular complexity index is 2070. The fourth-order valence-corrected chi connectivity index (χ4v) is 10.6. The van der Waals surface area contributed by atoms with Crippen molar-refractivity contribution in [1.82, 2.24) is 30.1 Å². The number of imidazole rings is 1. The third-order valence-corrected chi connectivity index (χ3v) is 14.1. The first-order valence-corrected chi connectivity index (χ1v) is 20.6. The standard InChI is InChI=1S/C42H56N8O8/c1-24(31(52)18-36-43-8-9-44-36)47-29(28-16-27(58-39(28)55)14-26-15-30-37(45-20-26)49(5)23-46-30)17-33-40(3)7-6-35(53)41(4,21-51)32(40)19-34(42(33)22-57-42)48-25(2)38(54)50-10-12-56-13-11-50/h8,14-16,20,23-25,29,32-35,47-48,51,53H,6-7,9-13,17-19,21-22H2,1-5H3/b27-14+/t24?,25?,29?,32?,33?,34?,35-,40+,41+,42?/m1/s1. The van der Waals surface area contributed by atoms with Gasteiger partial charge in [0.2, 0.25) is 5.91 Å². The van der Waals surface area contributed by atoms with Crippen LogP contribution in [0.5, 0.6) is 0 Å². The number of aromatic nitrogens is 3. The number of ketones is 1. The molecular formula is C42H56N8O8. The number of nitrogens with zero attached hydrogens (tertiary/aromatic N) is 6. The summed E-state index contributed by atoms with van der Waals surface area (Å²) in [5.74, 6) is -0.256. The van der Waals surface area contributed by atoms with E-state index in [0.717, 1.165) is 5.65 Å². The van der Waals surface area contributed by atoms with E-state index >= 15 is 0 Å². The van der Waals surface area contributed by atoms with E-state index in [2.05, 4.69) is 37.5 Å². The number of amidine groups is 1. The van der Waals surface area contributed by atoms with Gasteiger partial charge in [-0.2, -0.15) is 0 Å². The molecule has 4 fully saturated rings. The maximum Gasteiger partial charge on any atom is 0.341 e. The topological polar surface area (TPSA) is 205 Å². The Morgan fingerprint density at radius 1 is 1.16 bits per heavy atom. The van der Waals surface area contributed by atoms with Gasteiger partial charge in [0.1, 0.15) is 22.7 Å². The number of carbonyl (C=O) groups excluding carboxylic acids is 3. The SMILES string of the molecule is CC(NC(CC1C2(CO2)C(NC(C)C(=O)N2CCOCC2)CC2[C@]1(C)CC[C@@H](O)[C@@]2(C)CO)C1=C/C(=C\c2cnc3c(c2)ncn3C)OC1=O)C(=O)CC1=NCC=N1. The number of cyclic esters (lactones) is 1. The lowest BCUT2D eigenvalue weighted by molar-refractivity contribution is -0.185. The molecule has 2 saturated carbocycles. The van der Waals surface area contributed by atoms with Crippen LogP contribution in [0, 0.1) is 22.7 Å². The molecule has 0 aromatic carbocycles. The maximum absolute atomic E-state index is 14.0. The molecule has 312 valence electrons. The lowest BCUT2D eigenvalue weighted by Crippen LogP contribution is -2.68. The lowest BCUT2D eigenvalue weighted by Gasteiger charge is -2.63. The number of Topliss-reactive ketones (excluding diaryl/α,β-unsaturated/α-hetero) is 1. The molecule has 16 nitrogen and oxygen atoms in total. The van der Waals surface area contributed by atoms with Crippen molar-refractivity contribution in [3.05, 3.63) is 41.6 Å². The van der Waals surface area contributed by atoms with Crippen molar-refractivity contribution in [2.45, 2.75) is 95.7 Å². The number of hydrogen-bond donors (Lipinski definition) is 4. The zero-order chi connectivity index (χ0) is 41.0. The van der Waals surface area contributed by atoms with Gasteiger partial charge in [-0.15, -0.1) is 0 Å². The molecular weight excluding hydrogens is 745 g/mol. The number of morpholine rings is 1. The second-order valence-electron chi connectivity index (χ2n) is 17.6. The Kier molecular flexibility index (Phi) is 11.0. The van der Waals surface area contributed by atoms with Crippen LogP contribution in [0.3, 0.4) is 0 Å².